The Morgan fingerprint density at radius 3 is 2.94 bits per heavy atom. The maximum Gasteiger partial charge on any atom is 0.337 e. The molecule has 2 rings (SSSR count). The van der Waals surface area contributed by atoms with Gasteiger partial charge in [0.15, 0.2) is 0 Å². The van der Waals surface area contributed by atoms with E-state index in [1.165, 1.54) is 6.07 Å². The van der Waals surface area contributed by atoms with Crippen molar-refractivity contribution in [1.29, 1.82) is 0 Å². The average Bonchev–Trinajstić information content (AvgIpc) is 2.73. The van der Waals surface area contributed by atoms with Crippen LogP contribution in [0.5, 0.6) is 0 Å². The summed E-state index contributed by atoms with van der Waals surface area (Å²) in [5, 5.41) is 15.5. The van der Waals surface area contributed by atoms with Crippen LogP contribution >= 0.6 is 22.9 Å². The minimum Gasteiger partial charge on any atom is -0.478 e. The van der Waals surface area contributed by atoms with Crippen molar-refractivity contribution in [3.05, 3.63) is 44.9 Å². The van der Waals surface area contributed by atoms with Crippen molar-refractivity contribution in [2.24, 2.45) is 0 Å². The molecule has 6 heteroatoms. The topological polar surface area (TPSA) is 62.2 Å². The lowest BCUT2D eigenvalue weighted by molar-refractivity contribution is 0.0698. The Balaban J connectivity index is 2.16. The van der Waals surface area contributed by atoms with Crippen molar-refractivity contribution in [2.75, 3.05) is 5.32 Å². The fourth-order valence-electron chi connectivity index (χ4n) is 1.52. The molecule has 0 aliphatic rings. The first kappa shape index (κ1) is 12.9. The van der Waals surface area contributed by atoms with E-state index in [-0.39, 0.29) is 5.56 Å². The van der Waals surface area contributed by atoms with Crippen molar-refractivity contribution < 1.29 is 9.90 Å². The molecule has 0 unspecified atom stereocenters. The van der Waals surface area contributed by atoms with Crippen LogP contribution in [0.15, 0.2) is 23.6 Å². The molecule has 0 radical (unpaired) electrons. The molecule has 1 aromatic carbocycles. The summed E-state index contributed by atoms with van der Waals surface area (Å²) >= 11 is 7.34. The molecule has 2 aromatic rings. The molecule has 4 nitrogen and oxygen atoms in total. The lowest BCUT2D eigenvalue weighted by atomic mass is 10.2. The highest BCUT2D eigenvalue weighted by Gasteiger charge is 2.10. The number of rotatable bonds is 4. The highest BCUT2D eigenvalue weighted by Crippen LogP contribution is 2.21. The van der Waals surface area contributed by atoms with Gasteiger partial charge in [0.25, 0.3) is 0 Å². The van der Waals surface area contributed by atoms with Gasteiger partial charge in [-0.3, -0.25) is 0 Å². The van der Waals surface area contributed by atoms with Crippen molar-refractivity contribution >= 4 is 34.6 Å². The third kappa shape index (κ3) is 3.00. The minimum absolute atomic E-state index is 0.162. The number of aryl methyl sites for hydroxylation is 1. The van der Waals surface area contributed by atoms with E-state index >= 15 is 0 Å². The SMILES string of the molecule is Cc1nc(CNc2ccc(Cl)cc2C(=O)O)cs1. The van der Waals surface area contributed by atoms with Crippen molar-refractivity contribution in [3.8, 4) is 0 Å². The summed E-state index contributed by atoms with van der Waals surface area (Å²) in [7, 11) is 0. The molecule has 18 heavy (non-hydrogen) atoms. The van der Waals surface area contributed by atoms with Crippen LogP contribution in [0, 0.1) is 6.92 Å². The molecule has 0 saturated heterocycles. The van der Waals surface area contributed by atoms with Crippen LogP contribution in [-0.4, -0.2) is 16.1 Å². The van der Waals surface area contributed by atoms with Crippen LogP contribution in [0.2, 0.25) is 5.02 Å². The Kier molecular flexibility index (Phi) is 3.84. The molecular formula is C12H11ClN2O2S. The summed E-state index contributed by atoms with van der Waals surface area (Å²) in [6.45, 7) is 2.42. The number of hydrogen-bond donors (Lipinski definition) is 2. The Bertz CT molecular complexity index is 583. The zero-order valence-corrected chi connectivity index (χ0v) is 11.2. The zero-order chi connectivity index (χ0) is 13.1. The number of aromatic nitrogens is 1. The van der Waals surface area contributed by atoms with Gasteiger partial charge in [-0.2, -0.15) is 0 Å². The van der Waals surface area contributed by atoms with E-state index < -0.39 is 5.97 Å². The molecule has 0 atom stereocenters. The lowest BCUT2D eigenvalue weighted by Gasteiger charge is -2.08. The van der Waals surface area contributed by atoms with Gasteiger partial charge in [-0.15, -0.1) is 11.3 Å². The molecular weight excluding hydrogens is 272 g/mol. The third-order valence-electron chi connectivity index (χ3n) is 2.34. The van der Waals surface area contributed by atoms with Gasteiger partial charge in [-0.25, -0.2) is 9.78 Å². The molecule has 1 aromatic heterocycles. The van der Waals surface area contributed by atoms with E-state index in [4.69, 9.17) is 16.7 Å². The first-order valence-corrected chi connectivity index (χ1v) is 6.50. The normalized spacial score (nSPS) is 10.3. The number of aromatic carboxylic acids is 1. The fourth-order valence-corrected chi connectivity index (χ4v) is 2.31. The van der Waals surface area contributed by atoms with Gasteiger partial charge in [-0.05, 0) is 25.1 Å². The van der Waals surface area contributed by atoms with Crippen LogP contribution in [0.1, 0.15) is 21.1 Å². The molecule has 1 heterocycles. The number of thiazole rings is 1. The van der Waals surface area contributed by atoms with Gasteiger partial charge in [0, 0.05) is 16.1 Å². The number of nitrogens with one attached hydrogen (secondary N) is 1. The predicted molar refractivity (Wildman–Crippen MR) is 72.6 cm³/mol. The third-order valence-corrected chi connectivity index (χ3v) is 3.40. The van der Waals surface area contributed by atoms with Crippen molar-refractivity contribution in [1.82, 2.24) is 4.98 Å². The summed E-state index contributed by atoms with van der Waals surface area (Å²) in [6, 6.07) is 4.74. The van der Waals surface area contributed by atoms with E-state index in [1.54, 1.807) is 23.5 Å². The number of halogens is 1. The molecule has 0 spiro atoms. The first-order valence-electron chi connectivity index (χ1n) is 5.24. The molecule has 2 N–H and O–H groups in total. The number of hydrogen-bond acceptors (Lipinski definition) is 4. The molecule has 0 saturated carbocycles. The quantitative estimate of drug-likeness (QED) is 0.902. The monoisotopic (exact) mass is 282 g/mol. The van der Waals surface area contributed by atoms with Gasteiger partial charge >= 0.3 is 5.97 Å². The first-order chi connectivity index (χ1) is 8.56. The number of carbonyl (C=O) groups is 1. The molecule has 0 aliphatic heterocycles. The van der Waals surface area contributed by atoms with E-state index in [0.717, 1.165) is 10.7 Å². The van der Waals surface area contributed by atoms with Gasteiger partial charge in [-0.1, -0.05) is 11.6 Å². The van der Waals surface area contributed by atoms with Crippen LogP contribution in [0.25, 0.3) is 0 Å². The van der Waals surface area contributed by atoms with Crippen LogP contribution in [0.3, 0.4) is 0 Å². The smallest absolute Gasteiger partial charge is 0.337 e. The maximum absolute atomic E-state index is 11.1. The van der Waals surface area contributed by atoms with E-state index in [9.17, 15) is 4.79 Å². The molecule has 0 fully saturated rings. The second-order valence-electron chi connectivity index (χ2n) is 3.71. The molecule has 94 valence electrons. The van der Waals surface area contributed by atoms with Crippen molar-refractivity contribution in [3.63, 3.8) is 0 Å². The fraction of sp³-hybridized carbons (Fsp3) is 0.167. The van der Waals surface area contributed by atoms with Crippen LogP contribution in [0.4, 0.5) is 5.69 Å². The minimum atomic E-state index is -1.01. The number of nitrogens with zero attached hydrogens (tertiary/aromatic N) is 1. The highest BCUT2D eigenvalue weighted by atomic mass is 35.5. The van der Waals surface area contributed by atoms with Gasteiger partial charge in [0.2, 0.25) is 0 Å². The Morgan fingerprint density at radius 2 is 2.33 bits per heavy atom. The van der Waals surface area contributed by atoms with Gasteiger partial charge < -0.3 is 10.4 Å². The highest BCUT2D eigenvalue weighted by molar-refractivity contribution is 7.09. The number of benzene rings is 1. The lowest BCUT2D eigenvalue weighted by Crippen LogP contribution is -2.06. The Labute approximate surface area is 113 Å². The Morgan fingerprint density at radius 1 is 1.56 bits per heavy atom. The second kappa shape index (κ2) is 5.37. The zero-order valence-electron chi connectivity index (χ0n) is 9.61. The van der Waals surface area contributed by atoms with E-state index in [2.05, 4.69) is 10.3 Å². The molecule has 0 aliphatic carbocycles. The standard InChI is InChI=1S/C12H11ClN2O2S/c1-7-15-9(6-18-7)5-14-11-3-2-8(13)4-10(11)12(16)17/h2-4,6,14H,5H2,1H3,(H,16,17). The summed E-state index contributed by atoms with van der Waals surface area (Å²) in [5.41, 5.74) is 1.59. The largest absolute Gasteiger partial charge is 0.478 e. The average molecular weight is 283 g/mol. The van der Waals surface area contributed by atoms with Crippen molar-refractivity contribution in [2.45, 2.75) is 13.5 Å². The number of carboxylic acid groups (broad SMARTS) is 1. The maximum atomic E-state index is 11.1. The second-order valence-corrected chi connectivity index (χ2v) is 5.21. The summed E-state index contributed by atoms with van der Waals surface area (Å²) in [4.78, 5) is 15.4. The number of carboxylic acids is 1. The molecule has 0 bridgehead atoms. The number of anilines is 1. The van der Waals surface area contributed by atoms with E-state index in [1.807, 2.05) is 12.3 Å². The van der Waals surface area contributed by atoms with Gasteiger partial charge in [0.05, 0.1) is 22.8 Å². The predicted octanol–water partition coefficient (Wildman–Crippen LogP) is 3.42. The molecule has 0 amide bonds. The summed E-state index contributed by atoms with van der Waals surface area (Å²) in [5.74, 6) is -1.01. The summed E-state index contributed by atoms with van der Waals surface area (Å²) in [6.07, 6.45) is 0. The van der Waals surface area contributed by atoms with E-state index in [0.29, 0.717) is 17.3 Å². The van der Waals surface area contributed by atoms with Crippen LogP contribution in [-0.2, 0) is 6.54 Å². The Hall–Kier alpha value is -1.59. The summed E-state index contributed by atoms with van der Waals surface area (Å²) < 4.78 is 0. The van der Waals surface area contributed by atoms with Gasteiger partial charge in [0.1, 0.15) is 0 Å². The van der Waals surface area contributed by atoms with Crippen LogP contribution < -0.4 is 5.32 Å².